The van der Waals surface area contributed by atoms with Crippen LogP contribution in [0.1, 0.15) is 6.92 Å². The first kappa shape index (κ1) is 23.5. The maximum Gasteiger partial charge on any atom is 0.191 e. The highest BCUT2D eigenvalue weighted by molar-refractivity contribution is 14.0. The summed E-state index contributed by atoms with van der Waals surface area (Å²) < 4.78 is 5.07. The molecule has 0 saturated carbocycles. The van der Waals surface area contributed by atoms with Crippen molar-refractivity contribution in [2.24, 2.45) is 4.99 Å². The molecule has 0 amide bonds. The van der Waals surface area contributed by atoms with Crippen LogP contribution < -0.4 is 10.6 Å². The molecule has 1 aromatic carbocycles. The van der Waals surface area contributed by atoms with Gasteiger partial charge in [0.25, 0.3) is 0 Å². The first-order valence-electron chi connectivity index (χ1n) is 7.99. The molecule has 0 saturated heterocycles. The Morgan fingerprint density at radius 1 is 1.25 bits per heavy atom. The Morgan fingerprint density at radius 3 is 2.58 bits per heavy atom. The number of halogens is 1. The van der Waals surface area contributed by atoms with E-state index in [1.165, 1.54) is 4.90 Å². The van der Waals surface area contributed by atoms with E-state index in [0.717, 1.165) is 38.7 Å². The molecule has 0 aromatic heterocycles. The van der Waals surface area contributed by atoms with Crippen LogP contribution in [0.4, 0.5) is 0 Å². The third-order valence-electron chi connectivity index (χ3n) is 3.32. The quantitative estimate of drug-likeness (QED) is 0.240. The van der Waals surface area contributed by atoms with Crippen molar-refractivity contribution in [1.82, 2.24) is 15.5 Å². The van der Waals surface area contributed by atoms with Crippen molar-refractivity contribution < 1.29 is 4.74 Å². The molecule has 2 N–H and O–H groups in total. The summed E-state index contributed by atoms with van der Waals surface area (Å²) in [4.78, 5) is 7.80. The fourth-order valence-electron chi connectivity index (χ4n) is 1.96. The standard InChI is InChI=1S/C17H30N4OS.HI/c1-15(23-16-8-6-5-7-9-16)14-20-17(18-2)19-10-11-21(3)12-13-22-4;/h5-9,15H,10-14H2,1-4H3,(H2,18,19,20);1H. The molecule has 1 rings (SSSR count). The summed E-state index contributed by atoms with van der Waals surface area (Å²) in [5.74, 6) is 0.852. The minimum atomic E-state index is 0. The number of hydrogen-bond donors (Lipinski definition) is 2. The molecule has 7 heteroatoms. The number of rotatable bonds is 10. The molecule has 1 aromatic rings. The summed E-state index contributed by atoms with van der Waals surface area (Å²) >= 11 is 1.87. The maximum absolute atomic E-state index is 5.07. The van der Waals surface area contributed by atoms with E-state index in [-0.39, 0.29) is 24.0 Å². The molecule has 138 valence electrons. The summed E-state index contributed by atoms with van der Waals surface area (Å²) in [5.41, 5.74) is 0. The van der Waals surface area contributed by atoms with Gasteiger partial charge in [-0.1, -0.05) is 25.1 Å². The van der Waals surface area contributed by atoms with Crippen molar-refractivity contribution in [2.45, 2.75) is 17.1 Å². The number of nitrogens with zero attached hydrogens (tertiary/aromatic N) is 2. The fourth-order valence-corrected chi connectivity index (χ4v) is 2.90. The number of aliphatic imine (C=N–C) groups is 1. The summed E-state index contributed by atoms with van der Waals surface area (Å²) in [7, 11) is 5.63. The number of ether oxygens (including phenoxy) is 1. The van der Waals surface area contributed by atoms with Gasteiger partial charge in [0.05, 0.1) is 6.61 Å². The summed E-state index contributed by atoms with van der Waals surface area (Å²) in [6.07, 6.45) is 0. The number of nitrogens with one attached hydrogen (secondary N) is 2. The number of benzene rings is 1. The average molecular weight is 466 g/mol. The monoisotopic (exact) mass is 466 g/mol. The highest BCUT2D eigenvalue weighted by Crippen LogP contribution is 2.21. The number of likely N-dealkylation sites (N-methyl/N-ethyl adjacent to an activating group) is 1. The lowest BCUT2D eigenvalue weighted by molar-refractivity contribution is 0.162. The van der Waals surface area contributed by atoms with E-state index in [0.29, 0.717) is 5.25 Å². The number of guanidine groups is 1. The molecule has 0 aliphatic heterocycles. The van der Waals surface area contributed by atoms with E-state index in [4.69, 9.17) is 4.74 Å². The van der Waals surface area contributed by atoms with Crippen LogP contribution in [0.25, 0.3) is 0 Å². The van der Waals surface area contributed by atoms with Gasteiger partial charge in [-0.25, -0.2) is 0 Å². The van der Waals surface area contributed by atoms with Crippen molar-refractivity contribution in [3.8, 4) is 0 Å². The lowest BCUT2D eigenvalue weighted by atomic mass is 10.4. The van der Waals surface area contributed by atoms with Gasteiger partial charge in [0.2, 0.25) is 0 Å². The van der Waals surface area contributed by atoms with Crippen LogP contribution in [0.5, 0.6) is 0 Å². The zero-order valence-corrected chi connectivity index (χ0v) is 18.3. The molecule has 0 fully saturated rings. The zero-order chi connectivity index (χ0) is 16.9. The summed E-state index contributed by atoms with van der Waals surface area (Å²) in [5, 5.41) is 7.20. The first-order chi connectivity index (χ1) is 11.2. The Kier molecular flexibility index (Phi) is 14.5. The van der Waals surface area contributed by atoms with Crippen molar-refractivity contribution in [1.29, 1.82) is 0 Å². The third kappa shape index (κ3) is 11.1. The van der Waals surface area contributed by atoms with Gasteiger partial charge in [-0.15, -0.1) is 35.7 Å². The Balaban J connectivity index is 0.00000529. The second-order valence-corrected chi connectivity index (χ2v) is 6.93. The Hall–Kier alpha value is -0.510. The smallest absolute Gasteiger partial charge is 0.191 e. The predicted octanol–water partition coefficient (Wildman–Crippen LogP) is 2.53. The van der Waals surface area contributed by atoms with Crippen LogP contribution in [-0.4, -0.2) is 70.1 Å². The molecular formula is C17H31IN4OS. The SMILES string of the molecule is CN=C(NCCN(C)CCOC)NCC(C)Sc1ccccc1.I. The topological polar surface area (TPSA) is 48.9 Å². The number of hydrogen-bond acceptors (Lipinski definition) is 4. The molecule has 5 nitrogen and oxygen atoms in total. The van der Waals surface area contributed by atoms with E-state index < -0.39 is 0 Å². The number of methoxy groups -OCH3 is 1. The highest BCUT2D eigenvalue weighted by atomic mass is 127. The van der Waals surface area contributed by atoms with Crippen LogP contribution in [-0.2, 0) is 4.74 Å². The highest BCUT2D eigenvalue weighted by Gasteiger charge is 2.06. The maximum atomic E-state index is 5.07. The number of thioether (sulfide) groups is 1. The molecule has 24 heavy (non-hydrogen) atoms. The van der Waals surface area contributed by atoms with E-state index in [1.54, 1.807) is 14.2 Å². The second-order valence-electron chi connectivity index (χ2n) is 5.42. The molecule has 0 aliphatic carbocycles. The van der Waals surface area contributed by atoms with Crippen molar-refractivity contribution >= 4 is 41.7 Å². The lowest BCUT2D eigenvalue weighted by Gasteiger charge is -2.19. The van der Waals surface area contributed by atoms with Crippen molar-refractivity contribution in [3.05, 3.63) is 30.3 Å². The molecule has 0 spiro atoms. The molecule has 0 heterocycles. The molecular weight excluding hydrogens is 435 g/mol. The largest absolute Gasteiger partial charge is 0.383 e. The van der Waals surface area contributed by atoms with Crippen molar-refractivity contribution in [3.63, 3.8) is 0 Å². The minimum absolute atomic E-state index is 0. The summed E-state index contributed by atoms with van der Waals surface area (Å²) in [6.45, 7) is 6.61. The van der Waals surface area contributed by atoms with E-state index in [1.807, 2.05) is 17.8 Å². The molecule has 0 bridgehead atoms. The van der Waals surface area contributed by atoms with Crippen LogP contribution in [0.15, 0.2) is 40.2 Å². The third-order valence-corrected chi connectivity index (χ3v) is 4.44. The normalized spacial score (nSPS) is 12.6. The molecule has 0 radical (unpaired) electrons. The Labute approximate surface area is 168 Å². The van der Waals surface area contributed by atoms with Gasteiger partial charge >= 0.3 is 0 Å². The molecule has 1 unspecified atom stereocenters. The van der Waals surface area contributed by atoms with Gasteiger partial charge in [0.15, 0.2) is 5.96 Å². The van der Waals surface area contributed by atoms with E-state index in [9.17, 15) is 0 Å². The van der Waals surface area contributed by atoms with Gasteiger partial charge in [0.1, 0.15) is 0 Å². The van der Waals surface area contributed by atoms with Gasteiger partial charge in [-0.2, -0.15) is 0 Å². The fraction of sp³-hybridized carbons (Fsp3) is 0.588. The van der Waals surface area contributed by atoms with Gasteiger partial charge in [0, 0.05) is 50.5 Å². The minimum Gasteiger partial charge on any atom is -0.383 e. The van der Waals surface area contributed by atoms with Gasteiger partial charge < -0.3 is 20.3 Å². The van der Waals surface area contributed by atoms with Crippen LogP contribution in [0.2, 0.25) is 0 Å². The zero-order valence-electron chi connectivity index (χ0n) is 15.1. The van der Waals surface area contributed by atoms with Crippen LogP contribution >= 0.6 is 35.7 Å². The van der Waals surface area contributed by atoms with Gasteiger partial charge in [-0.05, 0) is 19.2 Å². The van der Waals surface area contributed by atoms with Crippen LogP contribution in [0, 0.1) is 0 Å². The summed E-state index contributed by atoms with van der Waals surface area (Å²) in [6, 6.07) is 10.5. The Bertz CT molecular complexity index is 447. The first-order valence-corrected chi connectivity index (χ1v) is 8.87. The van der Waals surface area contributed by atoms with E-state index >= 15 is 0 Å². The average Bonchev–Trinajstić information content (AvgIpc) is 2.57. The van der Waals surface area contributed by atoms with Gasteiger partial charge in [-0.3, -0.25) is 4.99 Å². The second kappa shape index (κ2) is 14.8. The Morgan fingerprint density at radius 2 is 1.96 bits per heavy atom. The molecule has 1 atom stereocenters. The lowest BCUT2D eigenvalue weighted by Crippen LogP contribution is -2.43. The molecule has 0 aliphatic rings. The van der Waals surface area contributed by atoms with E-state index in [2.05, 4.69) is 58.8 Å². The van der Waals surface area contributed by atoms with Crippen LogP contribution in [0.3, 0.4) is 0 Å². The van der Waals surface area contributed by atoms with Crippen molar-refractivity contribution in [2.75, 3.05) is 54.0 Å². The predicted molar refractivity (Wildman–Crippen MR) is 116 cm³/mol.